The van der Waals surface area contributed by atoms with Gasteiger partial charge in [0, 0.05) is 0 Å². The lowest BCUT2D eigenvalue weighted by atomic mass is 9.32. The number of aliphatic hydroxyl groups excluding tert-OH is 1. The molecule has 0 aromatic carbocycles. The van der Waals surface area contributed by atoms with Crippen LogP contribution in [0.4, 0.5) is 0 Å². The van der Waals surface area contributed by atoms with Crippen LogP contribution < -0.4 is 0 Å². The van der Waals surface area contributed by atoms with Gasteiger partial charge in [-0.25, -0.2) is 0 Å². The lowest BCUT2D eigenvalue weighted by molar-refractivity contribution is -0.252. The summed E-state index contributed by atoms with van der Waals surface area (Å²) in [4.78, 5) is 0. The molecular formula is C30H50O. The molecule has 0 spiro atoms. The van der Waals surface area contributed by atoms with E-state index in [-0.39, 0.29) is 22.3 Å². The van der Waals surface area contributed by atoms with Crippen LogP contribution in [0.15, 0.2) is 12.2 Å². The van der Waals surface area contributed by atoms with Crippen LogP contribution in [0.3, 0.4) is 0 Å². The lowest BCUT2D eigenvalue weighted by Gasteiger charge is -2.72. The molecule has 4 fully saturated rings. The first-order chi connectivity index (χ1) is 14.3. The fraction of sp³-hybridized carbons (Fsp3) is 0.933. The molecule has 0 heterocycles. The van der Waals surface area contributed by atoms with E-state index in [1.165, 1.54) is 38.5 Å². The summed E-state index contributed by atoms with van der Waals surface area (Å²) >= 11 is 0. The highest BCUT2D eigenvalue weighted by Gasteiger charge is 2.70. The highest BCUT2D eigenvalue weighted by Crippen LogP contribution is 2.77. The van der Waals surface area contributed by atoms with E-state index in [1.807, 2.05) is 0 Å². The quantitative estimate of drug-likeness (QED) is 0.423. The molecule has 4 saturated carbocycles. The van der Waals surface area contributed by atoms with E-state index >= 15 is 0 Å². The molecule has 5 aliphatic rings. The Balaban J connectivity index is 1.58. The van der Waals surface area contributed by atoms with Crippen LogP contribution in [0.1, 0.15) is 107 Å². The Labute approximate surface area is 192 Å². The van der Waals surface area contributed by atoms with Crippen molar-refractivity contribution in [2.75, 3.05) is 0 Å². The van der Waals surface area contributed by atoms with Gasteiger partial charge >= 0.3 is 0 Å². The average molecular weight is 427 g/mol. The highest BCUT2D eigenvalue weighted by molar-refractivity contribution is 5.23. The average Bonchev–Trinajstić information content (AvgIpc) is 2.99. The molecule has 1 unspecified atom stereocenters. The molecule has 5 aliphatic carbocycles. The molecule has 1 nitrogen and oxygen atoms in total. The molecule has 1 heteroatoms. The van der Waals surface area contributed by atoms with Gasteiger partial charge in [-0.1, -0.05) is 67.5 Å². The molecule has 0 aliphatic heterocycles. The maximum absolute atomic E-state index is 11.8. The molecule has 0 aromatic rings. The maximum Gasteiger partial charge on any atom is 0.0587 e. The number of rotatable bonds is 1. The lowest BCUT2D eigenvalue weighted by Crippen LogP contribution is -2.67. The Kier molecular flexibility index (Phi) is 4.82. The third-order valence-corrected chi connectivity index (χ3v) is 12.9. The fourth-order valence-corrected chi connectivity index (χ4v) is 11.6. The van der Waals surface area contributed by atoms with E-state index in [2.05, 4.69) is 67.5 Å². The summed E-state index contributed by atoms with van der Waals surface area (Å²) in [5, 5.41) is 11.8. The summed E-state index contributed by atoms with van der Waals surface area (Å²) < 4.78 is 0. The number of hydrogen-bond donors (Lipinski definition) is 1. The normalized spacial score (nSPS) is 57.7. The van der Waals surface area contributed by atoms with Gasteiger partial charge in [0.05, 0.1) is 6.10 Å². The Morgan fingerprint density at radius 2 is 1.58 bits per heavy atom. The second-order valence-electron chi connectivity index (χ2n) is 14.9. The van der Waals surface area contributed by atoms with Gasteiger partial charge in [-0.3, -0.25) is 0 Å². The Hall–Kier alpha value is -0.300. The molecule has 31 heavy (non-hydrogen) atoms. The minimum absolute atomic E-state index is 0.102. The van der Waals surface area contributed by atoms with Crippen molar-refractivity contribution in [3.63, 3.8) is 0 Å². The molecule has 0 saturated heterocycles. The third-order valence-electron chi connectivity index (χ3n) is 12.9. The number of hydrogen-bond acceptors (Lipinski definition) is 1. The third kappa shape index (κ3) is 2.71. The Bertz CT molecular complexity index is 764. The zero-order chi connectivity index (χ0) is 22.6. The molecule has 5 rings (SSSR count). The van der Waals surface area contributed by atoms with Crippen molar-refractivity contribution in [1.29, 1.82) is 0 Å². The molecule has 0 amide bonds. The standard InChI is InChI=1S/C30H50O/c1-19(2)20-12-15-27(5)16-17-29(7)21(24(20)27)10-11-23-28(6)14-9-13-26(3,4)25(28)22(31)18-30(23,29)8/h9,13,19-25,31H,10-12,14-18H2,1-8H3/t20-,21+,22?,23+,24+,25-,27+,28+,29+,30+/m0/s1. The van der Waals surface area contributed by atoms with E-state index in [9.17, 15) is 5.11 Å². The topological polar surface area (TPSA) is 20.2 Å². The van der Waals surface area contributed by atoms with Crippen LogP contribution in [0.2, 0.25) is 0 Å². The molecule has 1 N–H and O–H groups in total. The number of aliphatic hydroxyl groups is 1. The number of fused-ring (bicyclic) bond motifs is 7. The van der Waals surface area contributed by atoms with Crippen LogP contribution in [0.5, 0.6) is 0 Å². The van der Waals surface area contributed by atoms with Crippen molar-refractivity contribution in [3.05, 3.63) is 12.2 Å². The smallest absolute Gasteiger partial charge is 0.0587 e. The summed E-state index contributed by atoms with van der Waals surface area (Å²) in [5.74, 6) is 4.59. The monoisotopic (exact) mass is 426 g/mol. The largest absolute Gasteiger partial charge is 0.393 e. The van der Waals surface area contributed by atoms with E-state index < -0.39 is 0 Å². The van der Waals surface area contributed by atoms with E-state index in [4.69, 9.17) is 0 Å². The maximum atomic E-state index is 11.8. The van der Waals surface area contributed by atoms with Crippen LogP contribution in [-0.4, -0.2) is 11.2 Å². The van der Waals surface area contributed by atoms with Crippen LogP contribution >= 0.6 is 0 Å². The highest BCUT2D eigenvalue weighted by atomic mass is 16.3. The minimum Gasteiger partial charge on any atom is -0.393 e. The van der Waals surface area contributed by atoms with E-state index in [0.717, 1.165) is 42.4 Å². The van der Waals surface area contributed by atoms with Gasteiger partial charge in [0.15, 0.2) is 0 Å². The van der Waals surface area contributed by atoms with Crippen LogP contribution in [0, 0.1) is 62.6 Å². The van der Waals surface area contributed by atoms with Gasteiger partial charge in [0.2, 0.25) is 0 Å². The summed E-state index contributed by atoms with van der Waals surface area (Å²) in [5.41, 5.74) is 1.53. The summed E-state index contributed by atoms with van der Waals surface area (Å²) in [6.07, 6.45) is 15.4. The summed E-state index contributed by atoms with van der Waals surface area (Å²) in [7, 11) is 0. The number of allylic oxidation sites excluding steroid dienone is 2. The second-order valence-corrected chi connectivity index (χ2v) is 14.9. The molecule has 0 aromatic heterocycles. The van der Waals surface area contributed by atoms with Gasteiger partial charge < -0.3 is 5.11 Å². The summed E-state index contributed by atoms with van der Waals surface area (Å²) in [6, 6.07) is 0. The molecule has 176 valence electrons. The van der Waals surface area contributed by atoms with Crippen molar-refractivity contribution in [1.82, 2.24) is 0 Å². The minimum atomic E-state index is -0.167. The Morgan fingerprint density at radius 3 is 2.26 bits per heavy atom. The van der Waals surface area contributed by atoms with Crippen LogP contribution in [0.25, 0.3) is 0 Å². The molecular weight excluding hydrogens is 376 g/mol. The first-order valence-electron chi connectivity index (χ1n) is 13.7. The van der Waals surface area contributed by atoms with Crippen molar-refractivity contribution in [2.45, 2.75) is 113 Å². The van der Waals surface area contributed by atoms with Gasteiger partial charge in [0.1, 0.15) is 0 Å². The first-order valence-corrected chi connectivity index (χ1v) is 13.7. The predicted octanol–water partition coefficient (Wildman–Crippen LogP) is 7.88. The molecule has 10 atom stereocenters. The van der Waals surface area contributed by atoms with Gasteiger partial charge in [-0.05, 0) is 114 Å². The van der Waals surface area contributed by atoms with E-state index in [1.54, 1.807) is 0 Å². The first kappa shape index (κ1) is 22.5. The van der Waals surface area contributed by atoms with Crippen molar-refractivity contribution >= 4 is 0 Å². The van der Waals surface area contributed by atoms with Crippen molar-refractivity contribution in [2.24, 2.45) is 62.6 Å². The SMILES string of the molecule is CC(C)[C@@H]1CC[C@]2(C)CC[C@]3(C)[C@H](CC[C@@H]4[C@@]5(C)CC=CC(C)(C)[C@@H]5C(O)C[C@]43C)[C@@H]12. The van der Waals surface area contributed by atoms with Gasteiger partial charge in [0.25, 0.3) is 0 Å². The zero-order valence-electron chi connectivity index (χ0n) is 21.8. The van der Waals surface area contributed by atoms with Crippen molar-refractivity contribution in [3.8, 4) is 0 Å². The molecule has 0 radical (unpaired) electrons. The summed E-state index contributed by atoms with van der Waals surface area (Å²) in [6.45, 7) is 20.3. The fourth-order valence-electron chi connectivity index (χ4n) is 11.6. The van der Waals surface area contributed by atoms with Crippen LogP contribution in [-0.2, 0) is 0 Å². The van der Waals surface area contributed by atoms with Gasteiger partial charge in [-0.15, -0.1) is 0 Å². The van der Waals surface area contributed by atoms with Crippen molar-refractivity contribution < 1.29 is 5.11 Å². The van der Waals surface area contributed by atoms with Gasteiger partial charge in [-0.2, -0.15) is 0 Å². The van der Waals surface area contributed by atoms with E-state index in [0.29, 0.717) is 16.7 Å². The zero-order valence-corrected chi connectivity index (χ0v) is 21.8. The predicted molar refractivity (Wildman–Crippen MR) is 131 cm³/mol. The Morgan fingerprint density at radius 1 is 0.871 bits per heavy atom. The molecule has 0 bridgehead atoms. The second kappa shape index (κ2) is 6.64.